The van der Waals surface area contributed by atoms with Crippen molar-refractivity contribution in [1.29, 1.82) is 0 Å². The highest BCUT2D eigenvalue weighted by Gasteiger charge is 2.13. The molecule has 0 spiro atoms. The van der Waals surface area contributed by atoms with Gasteiger partial charge < -0.3 is 19.8 Å². The van der Waals surface area contributed by atoms with Gasteiger partial charge in [0, 0.05) is 17.2 Å². The van der Waals surface area contributed by atoms with Gasteiger partial charge in [-0.25, -0.2) is 4.79 Å². The molecule has 2 aromatic rings. The molecule has 88 valence electrons. The predicted octanol–water partition coefficient (Wildman–Crippen LogP) is 1.24. The van der Waals surface area contributed by atoms with Crippen LogP contribution >= 0.6 is 0 Å². The van der Waals surface area contributed by atoms with E-state index in [-0.39, 0.29) is 23.8 Å². The van der Waals surface area contributed by atoms with Gasteiger partial charge in [-0.3, -0.25) is 0 Å². The van der Waals surface area contributed by atoms with Gasteiger partial charge in [0.25, 0.3) is 0 Å². The Balaban J connectivity index is 2.39. The summed E-state index contributed by atoms with van der Waals surface area (Å²) < 4.78 is 4.84. The molecule has 0 saturated carbocycles. The summed E-state index contributed by atoms with van der Waals surface area (Å²) in [5.74, 6) is -1.03. The lowest BCUT2D eigenvalue weighted by Gasteiger charge is -2.02. The molecule has 0 aliphatic heterocycles. The van der Waals surface area contributed by atoms with Crippen molar-refractivity contribution in [2.75, 3.05) is 0 Å². The van der Waals surface area contributed by atoms with E-state index in [9.17, 15) is 9.90 Å². The van der Waals surface area contributed by atoms with Gasteiger partial charge in [0.05, 0.1) is 6.61 Å². The van der Waals surface area contributed by atoms with Crippen LogP contribution in [0.3, 0.4) is 0 Å². The molecule has 0 saturated heterocycles. The second-order valence-corrected chi connectivity index (χ2v) is 3.38. The maximum Gasteiger partial charge on any atom is 0.358 e. The number of phenols is 1. The van der Waals surface area contributed by atoms with Crippen LogP contribution < -0.4 is 0 Å². The van der Waals surface area contributed by atoms with Crippen molar-refractivity contribution in [3.05, 3.63) is 35.5 Å². The number of aliphatic hydroxyl groups is 1. The summed E-state index contributed by atoms with van der Waals surface area (Å²) in [5.41, 5.74) is 0.664. The normalized spacial score (nSPS) is 10.4. The van der Waals surface area contributed by atoms with Gasteiger partial charge in [0.2, 0.25) is 0 Å². The zero-order valence-corrected chi connectivity index (χ0v) is 8.62. The highest BCUT2D eigenvalue weighted by Crippen LogP contribution is 2.27. The molecule has 0 bridgehead atoms. The number of rotatable bonds is 3. The summed E-state index contributed by atoms with van der Waals surface area (Å²) in [7, 11) is 0. The summed E-state index contributed by atoms with van der Waals surface area (Å²) in [5, 5.41) is 30.4. The quantitative estimate of drug-likeness (QED) is 0.739. The van der Waals surface area contributed by atoms with Gasteiger partial charge in [-0.05, 0) is 6.07 Å². The molecule has 3 N–H and O–H groups in total. The van der Waals surface area contributed by atoms with E-state index >= 15 is 0 Å². The van der Waals surface area contributed by atoms with Crippen molar-refractivity contribution in [1.82, 2.24) is 5.16 Å². The van der Waals surface area contributed by atoms with Gasteiger partial charge in [-0.15, -0.1) is 0 Å². The molecule has 1 aromatic heterocycles. The molecule has 0 aliphatic rings. The minimum absolute atomic E-state index is 0.0849. The molecule has 1 heterocycles. The van der Waals surface area contributed by atoms with Gasteiger partial charge in [-0.1, -0.05) is 17.3 Å². The van der Waals surface area contributed by atoms with Crippen molar-refractivity contribution in [2.45, 2.75) is 6.61 Å². The number of hydrogen-bond donors (Lipinski definition) is 3. The van der Waals surface area contributed by atoms with Crippen LogP contribution in [-0.2, 0) is 6.61 Å². The molecule has 0 amide bonds. The third-order valence-electron chi connectivity index (χ3n) is 2.27. The minimum Gasteiger partial charge on any atom is -0.508 e. The fourth-order valence-corrected chi connectivity index (χ4v) is 1.36. The molecule has 1 aromatic carbocycles. The Labute approximate surface area is 95.7 Å². The van der Waals surface area contributed by atoms with Crippen LogP contribution in [0.5, 0.6) is 5.75 Å². The first-order valence-electron chi connectivity index (χ1n) is 4.75. The van der Waals surface area contributed by atoms with E-state index in [0.29, 0.717) is 11.1 Å². The van der Waals surface area contributed by atoms with E-state index in [1.165, 1.54) is 18.2 Å². The van der Waals surface area contributed by atoms with Gasteiger partial charge in [-0.2, -0.15) is 0 Å². The van der Waals surface area contributed by atoms with E-state index < -0.39 is 5.97 Å². The maximum absolute atomic E-state index is 10.6. The van der Waals surface area contributed by atoms with Crippen molar-refractivity contribution in [3.63, 3.8) is 0 Å². The van der Waals surface area contributed by atoms with Gasteiger partial charge in [0.1, 0.15) is 5.75 Å². The Hall–Kier alpha value is -2.34. The average Bonchev–Trinajstić information content (AvgIpc) is 2.78. The Morgan fingerprint density at radius 2 is 2.12 bits per heavy atom. The van der Waals surface area contributed by atoms with E-state index in [1.807, 2.05) is 0 Å². The number of aromatic nitrogens is 1. The molecule has 2 rings (SSSR count). The highest BCUT2D eigenvalue weighted by molar-refractivity contribution is 5.86. The molecule has 6 nitrogen and oxygen atoms in total. The molecule has 6 heteroatoms. The number of aromatic hydroxyl groups is 1. The number of carbonyl (C=O) groups is 1. The number of carboxylic acid groups (broad SMARTS) is 1. The largest absolute Gasteiger partial charge is 0.508 e. The number of aliphatic hydroxyl groups excluding tert-OH is 1. The van der Waals surface area contributed by atoms with Crippen LogP contribution in [0.4, 0.5) is 0 Å². The number of nitrogens with zero attached hydrogens (tertiary/aromatic N) is 1. The Kier molecular flexibility index (Phi) is 2.80. The van der Waals surface area contributed by atoms with Crippen LogP contribution in [0.2, 0.25) is 0 Å². The van der Waals surface area contributed by atoms with E-state index in [0.717, 1.165) is 0 Å². The summed E-state index contributed by atoms with van der Waals surface area (Å²) in [6, 6.07) is 5.75. The fraction of sp³-hybridized carbons (Fsp3) is 0.0909. The Morgan fingerprint density at radius 3 is 2.65 bits per heavy atom. The number of aromatic carboxylic acids is 1. The van der Waals surface area contributed by atoms with Crippen molar-refractivity contribution in [3.8, 4) is 17.1 Å². The Bertz CT molecular complexity index is 561. The van der Waals surface area contributed by atoms with E-state index in [1.54, 1.807) is 6.07 Å². The number of benzene rings is 1. The smallest absolute Gasteiger partial charge is 0.358 e. The second-order valence-electron chi connectivity index (χ2n) is 3.38. The summed E-state index contributed by atoms with van der Waals surface area (Å²) in [4.78, 5) is 10.6. The van der Waals surface area contributed by atoms with Crippen molar-refractivity contribution in [2.24, 2.45) is 0 Å². The monoisotopic (exact) mass is 235 g/mol. The number of hydrogen-bond acceptors (Lipinski definition) is 5. The zero-order chi connectivity index (χ0) is 12.4. The summed E-state index contributed by atoms with van der Waals surface area (Å²) in [6.07, 6.45) is 0. The molecule has 17 heavy (non-hydrogen) atoms. The second kappa shape index (κ2) is 4.26. The predicted molar refractivity (Wildman–Crippen MR) is 56.5 cm³/mol. The number of carboxylic acids is 1. The van der Waals surface area contributed by atoms with Crippen molar-refractivity contribution >= 4 is 5.97 Å². The molecule has 0 fully saturated rings. The Morgan fingerprint density at radius 1 is 1.35 bits per heavy atom. The molecule has 0 aliphatic carbocycles. The summed E-state index contributed by atoms with van der Waals surface area (Å²) in [6.45, 7) is -0.275. The molecule has 0 radical (unpaired) electrons. The van der Waals surface area contributed by atoms with Crippen LogP contribution in [0.15, 0.2) is 28.8 Å². The molecule has 0 atom stereocenters. The lowest BCUT2D eigenvalue weighted by Crippen LogP contribution is -1.94. The molecular weight excluding hydrogens is 226 g/mol. The van der Waals surface area contributed by atoms with Crippen molar-refractivity contribution < 1.29 is 24.6 Å². The first-order valence-corrected chi connectivity index (χ1v) is 4.75. The van der Waals surface area contributed by atoms with Gasteiger partial charge in [0.15, 0.2) is 11.5 Å². The van der Waals surface area contributed by atoms with Crippen LogP contribution in [-0.4, -0.2) is 26.4 Å². The standard InChI is InChI=1S/C11H9NO5/c13-5-7-2-1-6(3-9(7)14)10-4-8(11(15)16)12-17-10/h1-4,13-14H,5H2,(H,15,16). The molecule has 0 unspecified atom stereocenters. The SMILES string of the molecule is O=C(O)c1cc(-c2ccc(CO)c(O)c2)on1. The topological polar surface area (TPSA) is 104 Å². The van der Waals surface area contributed by atoms with Gasteiger partial charge >= 0.3 is 5.97 Å². The van der Waals surface area contributed by atoms with Crippen LogP contribution in [0.1, 0.15) is 16.1 Å². The lowest BCUT2D eigenvalue weighted by atomic mass is 10.1. The van der Waals surface area contributed by atoms with E-state index in [4.69, 9.17) is 14.7 Å². The third kappa shape index (κ3) is 2.11. The first kappa shape index (κ1) is 11.2. The first-order chi connectivity index (χ1) is 8.11. The fourth-order valence-electron chi connectivity index (χ4n) is 1.36. The van der Waals surface area contributed by atoms with E-state index in [2.05, 4.69) is 5.16 Å². The zero-order valence-electron chi connectivity index (χ0n) is 8.62. The highest BCUT2D eigenvalue weighted by atomic mass is 16.5. The maximum atomic E-state index is 10.6. The minimum atomic E-state index is -1.18. The average molecular weight is 235 g/mol. The van der Waals surface area contributed by atoms with Crippen LogP contribution in [0.25, 0.3) is 11.3 Å². The van der Waals surface area contributed by atoms with Crippen LogP contribution in [0, 0.1) is 0 Å². The molecular formula is C11H9NO5. The lowest BCUT2D eigenvalue weighted by molar-refractivity contribution is 0.0686. The summed E-state index contributed by atoms with van der Waals surface area (Å²) >= 11 is 0. The third-order valence-corrected chi connectivity index (χ3v) is 2.27.